The molecule has 1 heterocycles. The first-order valence-corrected chi connectivity index (χ1v) is 7.78. The zero-order valence-electron chi connectivity index (χ0n) is 12.1. The van der Waals surface area contributed by atoms with Crippen LogP contribution in [0.3, 0.4) is 0 Å². The highest BCUT2D eigenvalue weighted by atomic mass is 15.1. The van der Waals surface area contributed by atoms with Gasteiger partial charge in [0, 0.05) is 12.0 Å². The first-order chi connectivity index (χ1) is 9.31. The highest BCUT2D eigenvalue weighted by Crippen LogP contribution is 2.35. The Balaban J connectivity index is 2.10. The lowest BCUT2D eigenvalue weighted by molar-refractivity contribution is 0.402. The van der Waals surface area contributed by atoms with Crippen molar-refractivity contribution in [2.75, 3.05) is 0 Å². The molecule has 3 rings (SSSR count). The van der Waals surface area contributed by atoms with E-state index in [0.717, 1.165) is 0 Å². The Kier molecular flexibility index (Phi) is 3.58. The topological polar surface area (TPSA) is 17.8 Å². The molecule has 2 nitrogen and oxygen atoms in total. The van der Waals surface area contributed by atoms with E-state index in [9.17, 15) is 0 Å². The average molecular weight is 256 g/mol. The van der Waals surface area contributed by atoms with Crippen LogP contribution in [0.5, 0.6) is 0 Å². The van der Waals surface area contributed by atoms with E-state index in [2.05, 4.69) is 42.7 Å². The Morgan fingerprint density at radius 2 is 1.95 bits per heavy atom. The summed E-state index contributed by atoms with van der Waals surface area (Å²) in [6, 6.07) is 9.15. The Labute approximate surface area is 115 Å². The van der Waals surface area contributed by atoms with Crippen LogP contribution in [0.4, 0.5) is 0 Å². The van der Waals surface area contributed by atoms with E-state index in [1.165, 1.54) is 55.4 Å². The monoisotopic (exact) mass is 256 g/mol. The second kappa shape index (κ2) is 5.36. The van der Waals surface area contributed by atoms with Crippen molar-refractivity contribution in [3.05, 3.63) is 30.1 Å². The summed E-state index contributed by atoms with van der Waals surface area (Å²) in [6.07, 6.45) is 7.95. The molecule has 1 unspecified atom stereocenters. The van der Waals surface area contributed by atoms with Gasteiger partial charge in [0.15, 0.2) is 0 Å². The number of para-hydroxylation sites is 2. The quantitative estimate of drug-likeness (QED) is 0.751. The van der Waals surface area contributed by atoms with E-state index in [1.54, 1.807) is 0 Å². The van der Waals surface area contributed by atoms with Crippen LogP contribution in [0.15, 0.2) is 24.3 Å². The van der Waals surface area contributed by atoms with Gasteiger partial charge in [-0.1, -0.05) is 38.3 Å². The maximum atomic E-state index is 4.97. The third-order valence-electron chi connectivity index (χ3n) is 4.63. The predicted octanol–water partition coefficient (Wildman–Crippen LogP) is 5.06. The summed E-state index contributed by atoms with van der Waals surface area (Å²) >= 11 is 0. The molecule has 1 fully saturated rings. The third kappa shape index (κ3) is 2.29. The summed E-state index contributed by atoms with van der Waals surface area (Å²) in [5, 5.41) is 0. The Morgan fingerprint density at radius 1 is 1.21 bits per heavy atom. The Hall–Kier alpha value is -1.31. The number of nitrogens with zero attached hydrogens (tertiary/aromatic N) is 2. The molecule has 2 heteroatoms. The third-order valence-corrected chi connectivity index (χ3v) is 4.63. The van der Waals surface area contributed by atoms with Crippen molar-refractivity contribution >= 4 is 11.0 Å². The molecule has 1 aliphatic rings. The Morgan fingerprint density at radius 3 is 2.68 bits per heavy atom. The summed E-state index contributed by atoms with van der Waals surface area (Å²) in [7, 11) is 0. The molecule has 1 aliphatic carbocycles. The van der Waals surface area contributed by atoms with Gasteiger partial charge in [-0.05, 0) is 38.3 Å². The molecule has 2 aromatic rings. The first kappa shape index (κ1) is 12.7. The van der Waals surface area contributed by atoms with Gasteiger partial charge in [0.25, 0.3) is 0 Å². The maximum absolute atomic E-state index is 4.97. The van der Waals surface area contributed by atoms with Crippen LogP contribution < -0.4 is 0 Å². The molecule has 0 bridgehead atoms. The van der Waals surface area contributed by atoms with E-state index in [-0.39, 0.29) is 0 Å². The molecule has 0 amide bonds. The van der Waals surface area contributed by atoms with E-state index in [1.807, 2.05) is 0 Å². The van der Waals surface area contributed by atoms with Crippen LogP contribution in [0.1, 0.15) is 70.2 Å². The standard InChI is InChI=1S/C17H24N2/c1-3-13(2)19-16-12-8-7-11-15(16)18-17(19)14-9-5-4-6-10-14/h7-8,11-14H,3-6,9-10H2,1-2H3. The molecule has 1 aromatic carbocycles. The zero-order valence-corrected chi connectivity index (χ0v) is 12.1. The van der Waals surface area contributed by atoms with Gasteiger partial charge in [-0.25, -0.2) is 4.98 Å². The average Bonchev–Trinajstić information content (AvgIpc) is 2.87. The zero-order chi connectivity index (χ0) is 13.2. The van der Waals surface area contributed by atoms with Crippen LogP contribution >= 0.6 is 0 Å². The summed E-state index contributed by atoms with van der Waals surface area (Å²) in [4.78, 5) is 4.97. The summed E-state index contributed by atoms with van der Waals surface area (Å²) in [5.74, 6) is 2.02. The summed E-state index contributed by atoms with van der Waals surface area (Å²) < 4.78 is 2.51. The van der Waals surface area contributed by atoms with Gasteiger partial charge in [-0.15, -0.1) is 0 Å². The van der Waals surface area contributed by atoms with E-state index in [0.29, 0.717) is 12.0 Å². The first-order valence-electron chi connectivity index (χ1n) is 7.78. The minimum Gasteiger partial charge on any atom is -0.325 e. The van der Waals surface area contributed by atoms with Crippen LogP contribution in [0.2, 0.25) is 0 Å². The number of rotatable bonds is 3. The number of hydrogen-bond acceptors (Lipinski definition) is 1. The molecule has 0 radical (unpaired) electrons. The van der Waals surface area contributed by atoms with Crippen LogP contribution in [-0.4, -0.2) is 9.55 Å². The van der Waals surface area contributed by atoms with Gasteiger partial charge >= 0.3 is 0 Å². The molecule has 19 heavy (non-hydrogen) atoms. The molecule has 1 aromatic heterocycles. The molecule has 1 atom stereocenters. The highest BCUT2D eigenvalue weighted by molar-refractivity contribution is 5.76. The second-order valence-electron chi connectivity index (χ2n) is 5.92. The lowest BCUT2D eigenvalue weighted by atomic mass is 9.88. The molecular weight excluding hydrogens is 232 g/mol. The number of imidazole rings is 1. The minimum absolute atomic E-state index is 0.546. The Bertz CT molecular complexity index is 549. The fourth-order valence-corrected chi connectivity index (χ4v) is 3.36. The van der Waals surface area contributed by atoms with Crippen molar-refractivity contribution in [2.24, 2.45) is 0 Å². The molecule has 0 saturated heterocycles. The molecule has 1 saturated carbocycles. The SMILES string of the molecule is CCC(C)n1c(C2CCCCC2)nc2ccccc21. The van der Waals surface area contributed by atoms with Crippen molar-refractivity contribution in [1.29, 1.82) is 0 Å². The van der Waals surface area contributed by atoms with Gasteiger partial charge in [-0.3, -0.25) is 0 Å². The summed E-state index contributed by atoms with van der Waals surface area (Å²) in [5.41, 5.74) is 2.49. The van der Waals surface area contributed by atoms with Gasteiger partial charge in [0.2, 0.25) is 0 Å². The fourth-order valence-electron chi connectivity index (χ4n) is 3.36. The fraction of sp³-hybridized carbons (Fsp3) is 0.588. The van der Waals surface area contributed by atoms with Crippen molar-refractivity contribution < 1.29 is 0 Å². The molecule has 0 N–H and O–H groups in total. The molecular formula is C17H24N2. The van der Waals surface area contributed by atoms with Gasteiger partial charge in [0.1, 0.15) is 5.82 Å². The lowest BCUT2D eigenvalue weighted by Gasteiger charge is -2.24. The van der Waals surface area contributed by atoms with E-state index < -0.39 is 0 Å². The van der Waals surface area contributed by atoms with Crippen LogP contribution in [-0.2, 0) is 0 Å². The van der Waals surface area contributed by atoms with Crippen LogP contribution in [0, 0.1) is 0 Å². The number of fused-ring (bicyclic) bond motifs is 1. The smallest absolute Gasteiger partial charge is 0.113 e. The van der Waals surface area contributed by atoms with E-state index >= 15 is 0 Å². The van der Waals surface area contributed by atoms with Gasteiger partial charge in [-0.2, -0.15) is 0 Å². The van der Waals surface area contributed by atoms with Crippen LogP contribution in [0.25, 0.3) is 11.0 Å². The molecule has 102 valence electrons. The van der Waals surface area contributed by atoms with Crippen molar-refractivity contribution in [2.45, 2.75) is 64.3 Å². The largest absolute Gasteiger partial charge is 0.325 e. The minimum atomic E-state index is 0.546. The van der Waals surface area contributed by atoms with Gasteiger partial charge < -0.3 is 4.57 Å². The number of aromatic nitrogens is 2. The molecule has 0 spiro atoms. The predicted molar refractivity (Wildman–Crippen MR) is 80.6 cm³/mol. The van der Waals surface area contributed by atoms with Crippen molar-refractivity contribution in [3.63, 3.8) is 0 Å². The number of hydrogen-bond donors (Lipinski definition) is 0. The summed E-state index contributed by atoms with van der Waals surface area (Å²) in [6.45, 7) is 4.59. The van der Waals surface area contributed by atoms with Gasteiger partial charge in [0.05, 0.1) is 11.0 Å². The highest BCUT2D eigenvalue weighted by Gasteiger charge is 2.23. The van der Waals surface area contributed by atoms with Crippen molar-refractivity contribution in [3.8, 4) is 0 Å². The second-order valence-corrected chi connectivity index (χ2v) is 5.92. The number of benzene rings is 1. The molecule has 0 aliphatic heterocycles. The maximum Gasteiger partial charge on any atom is 0.113 e. The lowest BCUT2D eigenvalue weighted by Crippen LogP contribution is -2.14. The van der Waals surface area contributed by atoms with E-state index in [4.69, 9.17) is 4.98 Å². The van der Waals surface area contributed by atoms with Crippen molar-refractivity contribution in [1.82, 2.24) is 9.55 Å². The normalized spacial score (nSPS) is 18.8.